The number of benzene rings is 4. The molecule has 0 saturated heterocycles. The summed E-state index contributed by atoms with van der Waals surface area (Å²) in [6, 6.07) is 12.3. The fourth-order valence-electron chi connectivity index (χ4n) is 5.65. The fourth-order valence-corrected chi connectivity index (χ4v) is 5.65. The highest BCUT2D eigenvalue weighted by Gasteiger charge is 2.42. The predicted octanol–water partition coefficient (Wildman–Crippen LogP) is 11.0. The van der Waals surface area contributed by atoms with Gasteiger partial charge < -0.3 is 0 Å². The Kier molecular flexibility index (Phi) is 6.39. The van der Waals surface area contributed by atoms with E-state index < -0.39 is 47.0 Å². The van der Waals surface area contributed by atoms with Gasteiger partial charge in [-0.3, -0.25) is 0 Å². The number of hydrogen-bond acceptors (Lipinski definition) is 0. The van der Waals surface area contributed by atoms with E-state index in [2.05, 4.69) is 0 Å². The monoisotopic (exact) mass is 626 g/mol. The van der Waals surface area contributed by atoms with E-state index in [0.29, 0.717) is 24.3 Å². The van der Waals surface area contributed by atoms with Gasteiger partial charge in [-0.25, -0.2) is 0 Å². The highest BCUT2D eigenvalue weighted by Crippen LogP contribution is 2.60. The molecule has 0 radical (unpaired) electrons. The van der Waals surface area contributed by atoms with Crippen LogP contribution < -0.4 is 0 Å². The van der Waals surface area contributed by atoms with Gasteiger partial charge in [-0.2, -0.15) is 52.7 Å². The molecular weight excluding hydrogens is 612 g/mol. The summed E-state index contributed by atoms with van der Waals surface area (Å²) in [7, 11) is 0. The largest absolute Gasteiger partial charge is 0.416 e. The van der Waals surface area contributed by atoms with Gasteiger partial charge >= 0.3 is 24.7 Å². The Bertz CT molecular complexity index is 1760. The van der Waals surface area contributed by atoms with Crippen molar-refractivity contribution in [3.05, 3.63) is 141 Å². The SMILES string of the molecule is FC(F)(F)c1cccc(C2=C3C(=C(c4cccc(C(F)(F)F)c4)c4ccc(C(F)(F)F)cc43)c3cc(C(F)(F)F)ccc32)c1. The average Bonchev–Trinajstić information content (AvgIpc) is 3.43. The number of hydrogen-bond donors (Lipinski definition) is 0. The molecule has 0 spiro atoms. The van der Waals surface area contributed by atoms with Crippen LogP contribution in [0, 0.1) is 0 Å². The quantitative estimate of drug-likeness (QED) is 0.194. The van der Waals surface area contributed by atoms with Crippen LogP contribution in [-0.4, -0.2) is 0 Å². The van der Waals surface area contributed by atoms with Gasteiger partial charge in [0.05, 0.1) is 22.3 Å². The first-order chi connectivity index (χ1) is 20.4. The molecule has 0 unspecified atom stereocenters. The van der Waals surface area contributed by atoms with E-state index in [0.717, 1.165) is 48.5 Å². The van der Waals surface area contributed by atoms with E-state index in [9.17, 15) is 52.7 Å². The lowest BCUT2D eigenvalue weighted by atomic mass is 9.90. The standard InChI is InChI=1S/C32H14F12/c33-29(34,35)17-5-1-3-15(11-17)25-21-9-7-19(31(39,40)41)13-23(21)28-26(16-4-2-6-18(12-16)30(36,37)38)22-10-8-20(32(42,43)44)14-24(22)27(25)28/h1-14H. The second kappa shape index (κ2) is 9.51. The molecule has 0 amide bonds. The van der Waals surface area contributed by atoms with E-state index >= 15 is 0 Å². The zero-order valence-corrected chi connectivity index (χ0v) is 21.6. The highest BCUT2D eigenvalue weighted by atomic mass is 19.4. The Morgan fingerprint density at radius 1 is 0.295 bits per heavy atom. The van der Waals surface area contributed by atoms with Crippen LogP contribution in [0.3, 0.4) is 0 Å². The van der Waals surface area contributed by atoms with Crippen molar-refractivity contribution in [1.29, 1.82) is 0 Å². The summed E-state index contributed by atoms with van der Waals surface area (Å²) in [5.41, 5.74) is -5.70. The third kappa shape index (κ3) is 4.86. The predicted molar refractivity (Wildman–Crippen MR) is 138 cm³/mol. The van der Waals surface area contributed by atoms with Crippen LogP contribution in [0.2, 0.25) is 0 Å². The molecule has 2 aliphatic rings. The molecule has 44 heavy (non-hydrogen) atoms. The number of halogens is 12. The van der Waals surface area contributed by atoms with E-state index in [4.69, 9.17) is 0 Å². The van der Waals surface area contributed by atoms with Crippen molar-refractivity contribution in [3.63, 3.8) is 0 Å². The van der Waals surface area contributed by atoms with Crippen LogP contribution in [-0.2, 0) is 24.7 Å². The summed E-state index contributed by atoms with van der Waals surface area (Å²) < 4.78 is 165. The molecule has 226 valence electrons. The van der Waals surface area contributed by atoms with Crippen molar-refractivity contribution in [3.8, 4) is 0 Å². The maximum Gasteiger partial charge on any atom is 0.416 e. The van der Waals surface area contributed by atoms with Crippen molar-refractivity contribution < 1.29 is 52.7 Å². The van der Waals surface area contributed by atoms with Gasteiger partial charge in [0.15, 0.2) is 0 Å². The minimum atomic E-state index is -4.89. The van der Waals surface area contributed by atoms with Crippen molar-refractivity contribution in [2.24, 2.45) is 0 Å². The molecule has 0 N–H and O–H groups in total. The van der Waals surface area contributed by atoms with E-state index in [1.54, 1.807) is 0 Å². The van der Waals surface area contributed by atoms with Crippen LogP contribution in [0.1, 0.15) is 55.6 Å². The van der Waals surface area contributed by atoms with Gasteiger partial charge in [-0.05, 0) is 104 Å². The first-order valence-electron chi connectivity index (χ1n) is 12.6. The summed E-state index contributed by atoms with van der Waals surface area (Å²) in [4.78, 5) is 0. The van der Waals surface area contributed by atoms with Gasteiger partial charge in [0.2, 0.25) is 0 Å². The van der Waals surface area contributed by atoms with Crippen LogP contribution in [0.25, 0.3) is 22.3 Å². The van der Waals surface area contributed by atoms with Crippen LogP contribution >= 0.6 is 0 Å². The molecular formula is C32H14F12. The summed E-state index contributed by atoms with van der Waals surface area (Å²) in [5, 5.41) is 0. The number of alkyl halides is 12. The minimum Gasteiger partial charge on any atom is -0.166 e. The molecule has 0 fully saturated rings. The Labute approximate surface area is 240 Å². The van der Waals surface area contributed by atoms with Crippen molar-refractivity contribution >= 4 is 22.3 Å². The molecule has 6 rings (SSSR count). The first-order valence-corrected chi connectivity index (χ1v) is 12.6. The topological polar surface area (TPSA) is 0 Å². The molecule has 0 nitrogen and oxygen atoms in total. The lowest BCUT2D eigenvalue weighted by Gasteiger charge is -2.16. The number of fused-ring (bicyclic) bond motifs is 5. The van der Waals surface area contributed by atoms with Gasteiger partial charge in [0.25, 0.3) is 0 Å². The smallest absolute Gasteiger partial charge is 0.166 e. The van der Waals surface area contributed by atoms with Gasteiger partial charge in [-0.1, -0.05) is 36.4 Å². The van der Waals surface area contributed by atoms with Crippen molar-refractivity contribution in [1.82, 2.24) is 0 Å². The Hall–Kier alpha value is -4.48. The fraction of sp³-hybridized carbons (Fsp3) is 0.125. The van der Waals surface area contributed by atoms with Gasteiger partial charge in [0, 0.05) is 0 Å². The number of rotatable bonds is 2. The van der Waals surface area contributed by atoms with Crippen LogP contribution in [0.5, 0.6) is 0 Å². The lowest BCUT2D eigenvalue weighted by Crippen LogP contribution is -2.07. The molecule has 2 aliphatic carbocycles. The zero-order chi connectivity index (χ0) is 32.0. The molecule has 12 heteroatoms. The van der Waals surface area contributed by atoms with Gasteiger partial charge in [-0.15, -0.1) is 0 Å². The zero-order valence-electron chi connectivity index (χ0n) is 21.6. The maximum absolute atomic E-state index is 13.9. The molecule has 0 aromatic heterocycles. The molecule has 0 bridgehead atoms. The highest BCUT2D eigenvalue weighted by molar-refractivity contribution is 6.35. The number of allylic oxidation sites excluding steroid dienone is 2. The Morgan fingerprint density at radius 2 is 0.614 bits per heavy atom. The summed E-state index contributed by atoms with van der Waals surface area (Å²) in [5.74, 6) is 0. The van der Waals surface area contributed by atoms with E-state index in [1.165, 1.54) is 12.1 Å². The molecule has 4 aromatic carbocycles. The molecule has 4 aromatic rings. The average molecular weight is 626 g/mol. The molecule has 0 saturated carbocycles. The summed E-state index contributed by atoms with van der Waals surface area (Å²) in [6.45, 7) is 0. The van der Waals surface area contributed by atoms with Crippen LogP contribution in [0.4, 0.5) is 52.7 Å². The molecule has 0 heterocycles. The summed E-state index contributed by atoms with van der Waals surface area (Å²) >= 11 is 0. The Morgan fingerprint density at radius 3 is 0.932 bits per heavy atom. The Balaban J connectivity index is 1.77. The second-order valence-electron chi connectivity index (χ2n) is 10.2. The van der Waals surface area contributed by atoms with E-state index in [1.807, 2.05) is 0 Å². The normalized spacial score (nSPS) is 15.1. The minimum absolute atomic E-state index is 0.0186. The van der Waals surface area contributed by atoms with Crippen molar-refractivity contribution in [2.45, 2.75) is 24.7 Å². The molecule has 0 atom stereocenters. The van der Waals surface area contributed by atoms with E-state index in [-0.39, 0.29) is 55.7 Å². The third-order valence-corrected chi connectivity index (χ3v) is 7.48. The van der Waals surface area contributed by atoms with Crippen LogP contribution in [0.15, 0.2) is 84.9 Å². The molecule has 0 aliphatic heterocycles. The second-order valence-corrected chi connectivity index (χ2v) is 10.2. The third-order valence-electron chi connectivity index (χ3n) is 7.48. The van der Waals surface area contributed by atoms with Gasteiger partial charge in [0.1, 0.15) is 0 Å². The maximum atomic E-state index is 13.9. The lowest BCUT2D eigenvalue weighted by molar-refractivity contribution is -0.138. The van der Waals surface area contributed by atoms with Crippen molar-refractivity contribution in [2.75, 3.05) is 0 Å². The summed E-state index contributed by atoms with van der Waals surface area (Å²) in [6.07, 6.45) is -19.4. The first kappa shape index (κ1) is 29.6.